The van der Waals surface area contributed by atoms with Gasteiger partial charge >= 0.3 is 10.1 Å². The Morgan fingerprint density at radius 1 is 0.917 bits per heavy atom. The molecule has 0 aliphatic carbocycles. The number of nitrogens with one attached hydrogen (secondary N) is 1. The standard InChI is InChI=1S/C27H24N2O6S/c1-3-34-26-16-19(8-15-25(26)35-36(31,32)24-13-11-23(33-2)12-14-24)18-28-29-27(30)22-10-9-20-6-4-5-7-21(20)17-22/h4-18H,3H2,1-2H3,(H,29,30)/b28-18-. The van der Waals surface area contributed by atoms with Crippen molar-refractivity contribution in [1.82, 2.24) is 5.43 Å². The normalized spacial score (nSPS) is 11.4. The third kappa shape index (κ3) is 5.81. The summed E-state index contributed by atoms with van der Waals surface area (Å²) < 4.78 is 41.4. The van der Waals surface area contributed by atoms with Crippen molar-refractivity contribution in [1.29, 1.82) is 0 Å². The SMILES string of the molecule is CCOc1cc(/C=N\NC(=O)c2ccc3ccccc3c2)ccc1OS(=O)(=O)c1ccc(OC)cc1. The average molecular weight is 505 g/mol. The van der Waals surface area contributed by atoms with E-state index in [0.29, 0.717) is 16.9 Å². The minimum Gasteiger partial charge on any atom is -0.497 e. The fourth-order valence-electron chi connectivity index (χ4n) is 3.41. The maximum atomic E-state index is 12.7. The van der Waals surface area contributed by atoms with Gasteiger partial charge in [0.1, 0.15) is 10.6 Å². The van der Waals surface area contributed by atoms with Crippen LogP contribution in [0.2, 0.25) is 0 Å². The number of carbonyl (C=O) groups is 1. The number of hydrogen-bond donors (Lipinski definition) is 1. The summed E-state index contributed by atoms with van der Waals surface area (Å²) in [4.78, 5) is 12.5. The summed E-state index contributed by atoms with van der Waals surface area (Å²) in [5, 5.41) is 6.01. The molecule has 0 radical (unpaired) electrons. The van der Waals surface area contributed by atoms with Crippen molar-refractivity contribution in [3.63, 3.8) is 0 Å². The summed E-state index contributed by atoms with van der Waals surface area (Å²) in [6, 6.07) is 23.7. The number of fused-ring (bicyclic) bond motifs is 1. The molecule has 1 N–H and O–H groups in total. The van der Waals surface area contributed by atoms with Crippen molar-refractivity contribution >= 4 is 33.0 Å². The van der Waals surface area contributed by atoms with Gasteiger partial charge in [0.25, 0.3) is 5.91 Å². The maximum Gasteiger partial charge on any atom is 0.339 e. The van der Waals surface area contributed by atoms with Crippen LogP contribution in [-0.4, -0.2) is 34.3 Å². The molecule has 4 rings (SSSR count). The summed E-state index contributed by atoms with van der Waals surface area (Å²) >= 11 is 0. The van der Waals surface area contributed by atoms with E-state index >= 15 is 0 Å². The van der Waals surface area contributed by atoms with Gasteiger partial charge in [-0.1, -0.05) is 30.3 Å². The molecule has 4 aromatic rings. The van der Waals surface area contributed by atoms with Crippen molar-refractivity contribution in [2.75, 3.05) is 13.7 Å². The lowest BCUT2D eigenvalue weighted by atomic mass is 10.1. The van der Waals surface area contributed by atoms with Gasteiger partial charge in [-0.3, -0.25) is 4.79 Å². The molecule has 9 heteroatoms. The smallest absolute Gasteiger partial charge is 0.339 e. The Kier molecular flexibility index (Phi) is 7.50. The number of hydrogen-bond acceptors (Lipinski definition) is 7. The summed E-state index contributed by atoms with van der Waals surface area (Å²) in [7, 11) is -2.60. The molecule has 0 aliphatic rings. The minimum absolute atomic E-state index is 0.0206. The number of rotatable bonds is 9. The van der Waals surface area contributed by atoms with Crippen molar-refractivity contribution in [3.8, 4) is 17.2 Å². The second-order valence-corrected chi connectivity index (χ2v) is 9.16. The molecule has 0 bridgehead atoms. The van der Waals surface area contributed by atoms with E-state index in [1.807, 2.05) is 30.3 Å². The van der Waals surface area contributed by atoms with Gasteiger partial charge in [-0.2, -0.15) is 13.5 Å². The molecule has 0 heterocycles. The number of hydrazone groups is 1. The van der Waals surface area contributed by atoms with E-state index in [2.05, 4.69) is 10.5 Å². The van der Waals surface area contributed by atoms with E-state index in [4.69, 9.17) is 13.7 Å². The Morgan fingerprint density at radius 3 is 2.39 bits per heavy atom. The highest BCUT2D eigenvalue weighted by Crippen LogP contribution is 2.31. The summed E-state index contributed by atoms with van der Waals surface area (Å²) in [6.45, 7) is 2.06. The van der Waals surface area contributed by atoms with Crippen molar-refractivity contribution in [3.05, 3.63) is 96.1 Å². The van der Waals surface area contributed by atoms with Gasteiger partial charge in [-0.15, -0.1) is 0 Å². The Balaban J connectivity index is 1.48. The first kappa shape index (κ1) is 24.7. The topological polar surface area (TPSA) is 103 Å². The molecule has 184 valence electrons. The molecule has 8 nitrogen and oxygen atoms in total. The maximum absolute atomic E-state index is 12.7. The zero-order chi connectivity index (χ0) is 25.5. The second-order valence-electron chi connectivity index (χ2n) is 7.61. The lowest BCUT2D eigenvalue weighted by Crippen LogP contribution is -2.17. The van der Waals surface area contributed by atoms with Crippen molar-refractivity contribution in [2.45, 2.75) is 11.8 Å². The average Bonchev–Trinajstić information content (AvgIpc) is 2.90. The Bertz CT molecular complexity index is 1520. The summed E-state index contributed by atoms with van der Waals surface area (Å²) in [5.41, 5.74) is 3.55. The number of amides is 1. The van der Waals surface area contributed by atoms with Gasteiger partial charge in [0.05, 0.1) is 19.9 Å². The highest BCUT2D eigenvalue weighted by Gasteiger charge is 2.19. The van der Waals surface area contributed by atoms with Crippen LogP contribution in [0.15, 0.2) is 94.9 Å². The molecule has 0 spiro atoms. The fraction of sp³-hybridized carbons (Fsp3) is 0.111. The van der Waals surface area contributed by atoms with E-state index in [9.17, 15) is 13.2 Å². The van der Waals surface area contributed by atoms with Gasteiger partial charge < -0.3 is 13.7 Å². The zero-order valence-electron chi connectivity index (χ0n) is 19.7. The van der Waals surface area contributed by atoms with Crippen LogP contribution in [-0.2, 0) is 10.1 Å². The molecule has 4 aromatic carbocycles. The lowest BCUT2D eigenvalue weighted by Gasteiger charge is -2.12. The zero-order valence-corrected chi connectivity index (χ0v) is 20.5. The van der Waals surface area contributed by atoms with Gasteiger partial charge in [-0.25, -0.2) is 5.43 Å². The van der Waals surface area contributed by atoms with Gasteiger partial charge in [-0.05, 0) is 77.9 Å². The molecule has 0 aromatic heterocycles. The Morgan fingerprint density at radius 2 is 1.67 bits per heavy atom. The van der Waals surface area contributed by atoms with Gasteiger partial charge in [0.15, 0.2) is 11.5 Å². The largest absolute Gasteiger partial charge is 0.497 e. The van der Waals surface area contributed by atoms with Crippen molar-refractivity contribution < 1.29 is 26.9 Å². The third-order valence-corrected chi connectivity index (χ3v) is 6.46. The first-order valence-corrected chi connectivity index (χ1v) is 12.5. The molecule has 0 fully saturated rings. The van der Waals surface area contributed by atoms with Gasteiger partial charge in [0, 0.05) is 5.56 Å². The summed E-state index contributed by atoms with van der Waals surface area (Å²) in [5.74, 6) is 0.428. The quantitative estimate of drug-likeness (QED) is 0.200. The number of benzene rings is 4. The fourth-order valence-corrected chi connectivity index (χ4v) is 4.35. The van der Waals surface area contributed by atoms with E-state index < -0.39 is 10.1 Å². The number of methoxy groups -OCH3 is 1. The van der Waals surface area contributed by atoms with Crippen LogP contribution in [0.1, 0.15) is 22.8 Å². The van der Waals surface area contributed by atoms with E-state index in [1.54, 1.807) is 31.2 Å². The number of carbonyl (C=O) groups excluding carboxylic acids is 1. The minimum atomic E-state index is -4.09. The van der Waals surface area contributed by atoms with E-state index in [0.717, 1.165) is 10.8 Å². The molecule has 0 saturated heterocycles. The Labute approximate surface area is 209 Å². The van der Waals surface area contributed by atoms with Crippen molar-refractivity contribution in [2.24, 2.45) is 5.10 Å². The van der Waals surface area contributed by atoms with Gasteiger partial charge in [0.2, 0.25) is 0 Å². The predicted molar refractivity (Wildman–Crippen MR) is 137 cm³/mol. The molecule has 36 heavy (non-hydrogen) atoms. The van der Waals surface area contributed by atoms with Crippen LogP contribution in [0.25, 0.3) is 10.8 Å². The number of ether oxygens (including phenoxy) is 2. The molecular formula is C27H24N2O6S. The third-order valence-electron chi connectivity index (χ3n) is 5.21. The summed E-state index contributed by atoms with van der Waals surface area (Å²) in [6.07, 6.45) is 1.43. The van der Waals surface area contributed by atoms with Crippen LogP contribution >= 0.6 is 0 Å². The molecule has 1 amide bonds. The first-order valence-electron chi connectivity index (χ1n) is 11.1. The molecular weight excluding hydrogens is 480 g/mol. The van der Waals surface area contributed by atoms with Crippen LogP contribution in [0.5, 0.6) is 17.2 Å². The van der Waals surface area contributed by atoms with E-state index in [-0.39, 0.29) is 28.9 Å². The van der Waals surface area contributed by atoms with Crippen LogP contribution in [0, 0.1) is 0 Å². The first-order chi connectivity index (χ1) is 17.4. The lowest BCUT2D eigenvalue weighted by molar-refractivity contribution is 0.0955. The van der Waals surface area contributed by atoms with Crippen LogP contribution in [0.4, 0.5) is 0 Å². The number of nitrogens with zero attached hydrogens (tertiary/aromatic N) is 1. The predicted octanol–water partition coefficient (Wildman–Crippen LogP) is 4.78. The highest BCUT2D eigenvalue weighted by atomic mass is 32.2. The van der Waals surface area contributed by atoms with Crippen LogP contribution in [0.3, 0.4) is 0 Å². The highest BCUT2D eigenvalue weighted by molar-refractivity contribution is 7.87. The van der Waals surface area contributed by atoms with E-state index in [1.165, 1.54) is 43.7 Å². The van der Waals surface area contributed by atoms with Crippen LogP contribution < -0.4 is 19.1 Å². The molecule has 0 saturated carbocycles. The second kappa shape index (κ2) is 10.9. The molecule has 0 aliphatic heterocycles. The monoisotopic (exact) mass is 504 g/mol. The Hall–Kier alpha value is -4.37. The molecule has 0 atom stereocenters. The molecule has 0 unspecified atom stereocenters.